The summed E-state index contributed by atoms with van der Waals surface area (Å²) in [5.74, 6) is 2.11. The van der Waals surface area contributed by atoms with E-state index in [1.165, 1.54) is 6.92 Å². The molecule has 0 aromatic carbocycles. The standard InChI is InChI=1S/C13H14ClNO2/c1-4-5-6-10-12(9(3)16)8(2)15-13(10)11(17)7-14/h1,15H,5-7H2,2-3H3. The Balaban J connectivity index is 3.31. The van der Waals surface area contributed by atoms with Crippen molar-refractivity contribution in [3.63, 3.8) is 0 Å². The molecule has 1 rings (SSSR count). The average Bonchev–Trinajstić information content (AvgIpc) is 2.62. The minimum Gasteiger partial charge on any atom is -0.355 e. The number of rotatable bonds is 5. The van der Waals surface area contributed by atoms with Gasteiger partial charge in [0, 0.05) is 17.7 Å². The molecule has 0 atom stereocenters. The highest BCUT2D eigenvalue weighted by molar-refractivity contribution is 6.30. The molecule has 90 valence electrons. The van der Waals surface area contributed by atoms with Crippen LogP contribution in [0, 0.1) is 19.3 Å². The number of carbonyl (C=O) groups is 2. The van der Waals surface area contributed by atoms with E-state index in [9.17, 15) is 9.59 Å². The fourth-order valence-electron chi connectivity index (χ4n) is 1.91. The van der Waals surface area contributed by atoms with Gasteiger partial charge in [-0.15, -0.1) is 23.9 Å². The van der Waals surface area contributed by atoms with E-state index in [4.69, 9.17) is 18.0 Å². The first-order chi connectivity index (χ1) is 8.02. The lowest BCUT2D eigenvalue weighted by Gasteiger charge is -2.02. The summed E-state index contributed by atoms with van der Waals surface area (Å²) < 4.78 is 0. The van der Waals surface area contributed by atoms with Crippen LogP contribution in [0.3, 0.4) is 0 Å². The molecule has 0 aliphatic carbocycles. The van der Waals surface area contributed by atoms with Gasteiger partial charge in [0.1, 0.15) is 0 Å². The number of aromatic amines is 1. The van der Waals surface area contributed by atoms with Crippen molar-refractivity contribution in [3.8, 4) is 12.3 Å². The predicted molar refractivity (Wildman–Crippen MR) is 67.7 cm³/mol. The van der Waals surface area contributed by atoms with Crippen molar-refractivity contribution < 1.29 is 9.59 Å². The normalized spacial score (nSPS) is 10.0. The highest BCUT2D eigenvalue weighted by atomic mass is 35.5. The molecule has 1 aromatic rings. The number of carbonyl (C=O) groups excluding carboxylic acids is 2. The quantitative estimate of drug-likeness (QED) is 0.497. The van der Waals surface area contributed by atoms with Gasteiger partial charge in [0.05, 0.1) is 11.6 Å². The van der Waals surface area contributed by atoms with Gasteiger partial charge in [0.25, 0.3) is 0 Å². The zero-order valence-electron chi connectivity index (χ0n) is 9.89. The number of nitrogens with one attached hydrogen (secondary N) is 1. The molecular formula is C13H14ClNO2. The first-order valence-electron chi connectivity index (χ1n) is 5.27. The molecular weight excluding hydrogens is 238 g/mol. The largest absolute Gasteiger partial charge is 0.355 e. The van der Waals surface area contributed by atoms with Crippen LogP contribution < -0.4 is 0 Å². The van der Waals surface area contributed by atoms with E-state index >= 15 is 0 Å². The highest BCUT2D eigenvalue weighted by Crippen LogP contribution is 2.22. The monoisotopic (exact) mass is 251 g/mol. The molecule has 1 aromatic heterocycles. The van der Waals surface area contributed by atoms with E-state index in [-0.39, 0.29) is 17.4 Å². The Morgan fingerprint density at radius 3 is 2.59 bits per heavy atom. The van der Waals surface area contributed by atoms with Crippen molar-refractivity contribution in [3.05, 3.63) is 22.5 Å². The van der Waals surface area contributed by atoms with Gasteiger partial charge in [-0.1, -0.05) is 0 Å². The SMILES string of the molecule is C#CCCc1c(C(=O)CCl)[nH]c(C)c1C(C)=O. The number of hydrogen-bond donors (Lipinski definition) is 1. The molecule has 1 heterocycles. The van der Waals surface area contributed by atoms with Crippen LogP contribution in [0.1, 0.15) is 45.4 Å². The summed E-state index contributed by atoms with van der Waals surface area (Å²) in [4.78, 5) is 26.1. The zero-order chi connectivity index (χ0) is 13.0. The number of ketones is 2. The molecule has 0 bridgehead atoms. The second-order valence-corrected chi connectivity index (χ2v) is 4.06. The van der Waals surface area contributed by atoms with Crippen LogP contribution in [0.15, 0.2) is 0 Å². The van der Waals surface area contributed by atoms with E-state index in [1.807, 2.05) is 0 Å². The third kappa shape index (κ3) is 2.78. The Morgan fingerprint density at radius 1 is 1.47 bits per heavy atom. The van der Waals surface area contributed by atoms with E-state index in [1.54, 1.807) is 6.92 Å². The summed E-state index contributed by atoms with van der Waals surface area (Å²) in [6.07, 6.45) is 6.21. The molecule has 4 heteroatoms. The third-order valence-corrected chi connectivity index (χ3v) is 2.81. The number of H-pyrrole nitrogens is 1. The highest BCUT2D eigenvalue weighted by Gasteiger charge is 2.21. The summed E-state index contributed by atoms with van der Waals surface area (Å²) in [5.41, 5.74) is 2.36. The first kappa shape index (κ1) is 13.5. The maximum Gasteiger partial charge on any atom is 0.193 e. The number of aromatic nitrogens is 1. The minimum atomic E-state index is -0.214. The second kappa shape index (κ2) is 5.70. The average molecular weight is 252 g/mol. The molecule has 0 fully saturated rings. The van der Waals surface area contributed by atoms with Crippen molar-refractivity contribution in [2.45, 2.75) is 26.7 Å². The summed E-state index contributed by atoms with van der Waals surface area (Å²) in [6.45, 7) is 3.24. The van der Waals surface area contributed by atoms with Gasteiger partial charge in [0.2, 0.25) is 0 Å². The maximum absolute atomic E-state index is 11.7. The topological polar surface area (TPSA) is 49.9 Å². The van der Waals surface area contributed by atoms with Crippen LogP contribution in [0.4, 0.5) is 0 Å². The molecule has 0 radical (unpaired) electrons. The zero-order valence-corrected chi connectivity index (χ0v) is 10.6. The van der Waals surface area contributed by atoms with Crippen LogP contribution in [0.5, 0.6) is 0 Å². The molecule has 0 saturated heterocycles. The Hall–Kier alpha value is -1.53. The molecule has 0 amide bonds. The summed E-state index contributed by atoms with van der Waals surface area (Å²) >= 11 is 5.54. The van der Waals surface area contributed by atoms with Crippen LogP contribution in [-0.4, -0.2) is 22.4 Å². The molecule has 0 spiro atoms. The molecule has 3 nitrogen and oxygen atoms in total. The number of halogens is 1. The number of Topliss-reactive ketones (excluding diaryl/α,β-unsaturated/α-hetero) is 2. The van der Waals surface area contributed by atoms with Gasteiger partial charge in [0.15, 0.2) is 11.6 Å². The lowest BCUT2D eigenvalue weighted by Crippen LogP contribution is -2.06. The smallest absolute Gasteiger partial charge is 0.193 e. The maximum atomic E-state index is 11.7. The van der Waals surface area contributed by atoms with E-state index < -0.39 is 0 Å². The summed E-state index contributed by atoms with van der Waals surface area (Å²) in [6, 6.07) is 0. The van der Waals surface area contributed by atoms with Gasteiger partial charge in [-0.3, -0.25) is 9.59 Å². The Labute approximate surface area is 106 Å². The number of alkyl halides is 1. The number of aryl methyl sites for hydroxylation is 1. The Morgan fingerprint density at radius 2 is 2.12 bits per heavy atom. The summed E-state index contributed by atoms with van der Waals surface area (Å²) in [5, 5.41) is 0. The second-order valence-electron chi connectivity index (χ2n) is 3.80. The van der Waals surface area contributed by atoms with Crippen molar-refractivity contribution in [2.24, 2.45) is 0 Å². The molecule has 0 aliphatic rings. The van der Waals surface area contributed by atoms with E-state index in [0.717, 1.165) is 0 Å². The van der Waals surface area contributed by atoms with Crippen LogP contribution in [0.2, 0.25) is 0 Å². The first-order valence-corrected chi connectivity index (χ1v) is 5.81. The predicted octanol–water partition coefficient (Wildman–Crippen LogP) is 2.51. The molecule has 1 N–H and O–H groups in total. The molecule has 0 unspecified atom stereocenters. The van der Waals surface area contributed by atoms with Crippen molar-refractivity contribution >= 4 is 23.2 Å². The lowest BCUT2D eigenvalue weighted by atomic mass is 10.00. The van der Waals surface area contributed by atoms with Crippen LogP contribution in [-0.2, 0) is 6.42 Å². The van der Waals surface area contributed by atoms with Gasteiger partial charge >= 0.3 is 0 Å². The molecule has 17 heavy (non-hydrogen) atoms. The molecule has 0 saturated carbocycles. The van der Waals surface area contributed by atoms with Crippen LogP contribution in [0.25, 0.3) is 0 Å². The third-order valence-electron chi connectivity index (χ3n) is 2.56. The minimum absolute atomic E-state index is 0.0700. The summed E-state index contributed by atoms with van der Waals surface area (Å²) in [7, 11) is 0. The number of hydrogen-bond acceptors (Lipinski definition) is 2. The Kier molecular flexibility index (Phi) is 4.53. The van der Waals surface area contributed by atoms with Crippen LogP contribution >= 0.6 is 11.6 Å². The lowest BCUT2D eigenvalue weighted by molar-refractivity contribution is 0.101. The van der Waals surface area contributed by atoms with E-state index in [2.05, 4.69) is 10.9 Å². The fraction of sp³-hybridized carbons (Fsp3) is 0.385. The van der Waals surface area contributed by atoms with Gasteiger partial charge in [-0.25, -0.2) is 0 Å². The van der Waals surface area contributed by atoms with Crippen molar-refractivity contribution in [1.82, 2.24) is 4.98 Å². The Bertz CT molecular complexity index is 494. The number of terminal acetylenes is 1. The van der Waals surface area contributed by atoms with E-state index in [0.29, 0.717) is 35.4 Å². The van der Waals surface area contributed by atoms with Gasteiger partial charge < -0.3 is 4.98 Å². The van der Waals surface area contributed by atoms with Crippen molar-refractivity contribution in [1.29, 1.82) is 0 Å². The van der Waals surface area contributed by atoms with Gasteiger partial charge in [-0.2, -0.15) is 0 Å². The fourth-order valence-corrected chi connectivity index (χ4v) is 2.04. The molecule has 0 aliphatic heterocycles. The van der Waals surface area contributed by atoms with Crippen molar-refractivity contribution in [2.75, 3.05) is 5.88 Å². The van der Waals surface area contributed by atoms with Gasteiger partial charge in [-0.05, 0) is 25.8 Å².